The molecule has 100 valence electrons. The Kier molecular flexibility index (Phi) is 3.18. The molecule has 0 aliphatic rings. The highest BCUT2D eigenvalue weighted by Gasteiger charge is 2.15. The molecule has 1 aromatic carbocycles. The summed E-state index contributed by atoms with van der Waals surface area (Å²) in [4.78, 5) is 15.1. The Morgan fingerprint density at radius 1 is 1.21 bits per heavy atom. The van der Waals surface area contributed by atoms with E-state index in [0.717, 1.165) is 5.56 Å². The molecule has 2 rings (SSSR count). The lowest BCUT2D eigenvalue weighted by molar-refractivity contribution is 0.0680. The lowest BCUT2D eigenvalue weighted by Crippen LogP contribution is -2.10. The van der Waals surface area contributed by atoms with E-state index in [-0.39, 0.29) is 11.2 Å². The van der Waals surface area contributed by atoms with E-state index >= 15 is 0 Å². The van der Waals surface area contributed by atoms with Crippen molar-refractivity contribution >= 4 is 5.97 Å². The van der Waals surface area contributed by atoms with Crippen LogP contribution in [0.5, 0.6) is 0 Å². The Morgan fingerprint density at radius 2 is 1.79 bits per heavy atom. The van der Waals surface area contributed by atoms with Gasteiger partial charge in [-0.1, -0.05) is 45.0 Å². The number of hydrogen-bond donors (Lipinski definition) is 1. The molecule has 0 saturated heterocycles. The summed E-state index contributed by atoms with van der Waals surface area (Å²) >= 11 is 0. The van der Waals surface area contributed by atoms with Crippen LogP contribution in [-0.2, 0) is 12.5 Å². The Morgan fingerprint density at radius 3 is 2.21 bits per heavy atom. The summed E-state index contributed by atoms with van der Waals surface area (Å²) in [6.07, 6.45) is 1.73. The molecule has 0 saturated carbocycles. The van der Waals surface area contributed by atoms with Crippen LogP contribution >= 0.6 is 0 Å². The third kappa shape index (κ3) is 2.67. The Balaban J connectivity index is 2.38. The second-order valence-electron chi connectivity index (χ2n) is 5.69. The summed E-state index contributed by atoms with van der Waals surface area (Å²) in [5.41, 5.74) is 2.96. The fourth-order valence-corrected chi connectivity index (χ4v) is 1.95. The molecule has 4 heteroatoms. The molecule has 4 nitrogen and oxygen atoms in total. The van der Waals surface area contributed by atoms with Crippen LogP contribution in [0.2, 0.25) is 0 Å². The molecule has 1 heterocycles. The van der Waals surface area contributed by atoms with Gasteiger partial charge >= 0.3 is 5.97 Å². The van der Waals surface area contributed by atoms with E-state index in [2.05, 4.69) is 37.9 Å². The quantitative estimate of drug-likeness (QED) is 0.900. The smallest absolute Gasteiger partial charge is 0.372 e. The molecular weight excluding hydrogens is 240 g/mol. The highest BCUT2D eigenvalue weighted by molar-refractivity contribution is 5.84. The Bertz CT molecular complexity index is 604. The first-order valence-electron chi connectivity index (χ1n) is 6.16. The summed E-state index contributed by atoms with van der Waals surface area (Å²) in [5.74, 6) is -0.963. The summed E-state index contributed by atoms with van der Waals surface area (Å²) in [7, 11) is 1.68. The predicted molar refractivity (Wildman–Crippen MR) is 74.3 cm³/mol. The molecule has 0 amide bonds. The lowest BCUT2D eigenvalue weighted by Gasteiger charge is -2.18. The minimum Gasteiger partial charge on any atom is -0.475 e. The number of carboxylic acid groups (broad SMARTS) is 1. The number of benzene rings is 1. The van der Waals surface area contributed by atoms with Crippen molar-refractivity contribution in [1.82, 2.24) is 9.55 Å². The van der Waals surface area contributed by atoms with Crippen molar-refractivity contribution in [3.63, 3.8) is 0 Å². The van der Waals surface area contributed by atoms with Crippen LogP contribution in [-0.4, -0.2) is 20.6 Å². The van der Waals surface area contributed by atoms with E-state index in [9.17, 15) is 4.79 Å². The van der Waals surface area contributed by atoms with Crippen molar-refractivity contribution in [2.75, 3.05) is 0 Å². The molecule has 0 spiro atoms. The minimum absolute atomic E-state index is 0.0508. The number of aromatic nitrogens is 2. The molecule has 0 unspecified atom stereocenters. The number of aromatic carboxylic acids is 1. The fraction of sp³-hybridized carbons (Fsp3) is 0.333. The molecule has 0 fully saturated rings. The van der Waals surface area contributed by atoms with Crippen molar-refractivity contribution in [3.05, 3.63) is 41.9 Å². The van der Waals surface area contributed by atoms with E-state index < -0.39 is 5.97 Å². The van der Waals surface area contributed by atoms with E-state index in [1.165, 1.54) is 10.1 Å². The van der Waals surface area contributed by atoms with Gasteiger partial charge in [-0.3, -0.25) is 0 Å². The zero-order chi connectivity index (χ0) is 14.2. The third-order valence-electron chi connectivity index (χ3n) is 3.11. The molecule has 0 aliphatic carbocycles. The van der Waals surface area contributed by atoms with Crippen LogP contribution in [0.1, 0.15) is 37.0 Å². The van der Waals surface area contributed by atoms with Crippen LogP contribution in [0.4, 0.5) is 0 Å². The van der Waals surface area contributed by atoms with Gasteiger partial charge in [0.05, 0.1) is 5.69 Å². The molecular formula is C15H18N2O2. The van der Waals surface area contributed by atoms with Gasteiger partial charge in [0.25, 0.3) is 0 Å². The van der Waals surface area contributed by atoms with E-state index in [1.54, 1.807) is 13.2 Å². The second kappa shape index (κ2) is 4.53. The predicted octanol–water partition coefficient (Wildman–Crippen LogP) is 3.08. The first kappa shape index (κ1) is 13.3. The molecule has 0 bridgehead atoms. The maximum atomic E-state index is 11.0. The van der Waals surface area contributed by atoms with E-state index in [1.807, 2.05) is 12.1 Å². The van der Waals surface area contributed by atoms with Gasteiger partial charge in [-0.05, 0) is 11.0 Å². The summed E-state index contributed by atoms with van der Waals surface area (Å²) in [5, 5.41) is 8.99. The number of carboxylic acids is 1. The average molecular weight is 258 g/mol. The molecule has 1 aromatic heterocycles. The van der Waals surface area contributed by atoms with Gasteiger partial charge in [0, 0.05) is 18.8 Å². The third-order valence-corrected chi connectivity index (χ3v) is 3.11. The minimum atomic E-state index is -1.01. The van der Waals surface area contributed by atoms with E-state index in [0.29, 0.717) is 5.69 Å². The van der Waals surface area contributed by atoms with Gasteiger partial charge in [0.2, 0.25) is 5.82 Å². The van der Waals surface area contributed by atoms with Gasteiger partial charge in [0.15, 0.2) is 0 Å². The van der Waals surface area contributed by atoms with Crippen molar-refractivity contribution < 1.29 is 9.90 Å². The summed E-state index contributed by atoms with van der Waals surface area (Å²) in [6.45, 7) is 6.47. The average Bonchev–Trinajstić information content (AvgIpc) is 2.70. The van der Waals surface area contributed by atoms with Crippen LogP contribution < -0.4 is 0 Å². The molecule has 0 atom stereocenters. The number of carbonyl (C=O) groups is 1. The van der Waals surface area contributed by atoms with E-state index in [4.69, 9.17) is 5.11 Å². The van der Waals surface area contributed by atoms with Gasteiger partial charge in [-0.25, -0.2) is 9.78 Å². The summed E-state index contributed by atoms with van der Waals surface area (Å²) < 4.78 is 1.52. The van der Waals surface area contributed by atoms with Gasteiger partial charge in [0.1, 0.15) is 0 Å². The Labute approximate surface area is 112 Å². The molecule has 2 aromatic rings. The first-order valence-corrected chi connectivity index (χ1v) is 6.16. The van der Waals surface area contributed by atoms with Crippen molar-refractivity contribution in [3.8, 4) is 11.3 Å². The molecule has 0 radical (unpaired) electrons. The van der Waals surface area contributed by atoms with Gasteiger partial charge in [-0.2, -0.15) is 0 Å². The van der Waals surface area contributed by atoms with Gasteiger partial charge < -0.3 is 9.67 Å². The zero-order valence-corrected chi connectivity index (χ0v) is 11.6. The monoisotopic (exact) mass is 258 g/mol. The second-order valence-corrected chi connectivity index (χ2v) is 5.69. The number of imidazole rings is 1. The number of aryl methyl sites for hydroxylation is 1. The lowest BCUT2D eigenvalue weighted by atomic mass is 9.86. The topological polar surface area (TPSA) is 55.1 Å². The SMILES string of the molecule is Cn1cc(-c2ccc(C(C)(C)C)cc2)nc1C(=O)O. The van der Waals surface area contributed by atoms with Crippen LogP contribution in [0.25, 0.3) is 11.3 Å². The molecule has 19 heavy (non-hydrogen) atoms. The van der Waals surface area contributed by atoms with Crippen molar-refractivity contribution in [2.45, 2.75) is 26.2 Å². The highest BCUT2D eigenvalue weighted by Crippen LogP contribution is 2.25. The molecule has 0 aliphatic heterocycles. The largest absolute Gasteiger partial charge is 0.475 e. The zero-order valence-electron chi connectivity index (χ0n) is 11.6. The normalized spacial score (nSPS) is 11.6. The Hall–Kier alpha value is -2.10. The first-order chi connectivity index (χ1) is 8.79. The van der Waals surface area contributed by atoms with Crippen molar-refractivity contribution in [1.29, 1.82) is 0 Å². The number of rotatable bonds is 2. The molecule has 1 N–H and O–H groups in total. The summed E-state index contributed by atoms with van der Waals surface area (Å²) in [6, 6.07) is 8.08. The number of hydrogen-bond acceptors (Lipinski definition) is 2. The fourth-order valence-electron chi connectivity index (χ4n) is 1.95. The van der Waals surface area contributed by atoms with Crippen LogP contribution in [0.3, 0.4) is 0 Å². The van der Waals surface area contributed by atoms with Crippen LogP contribution in [0.15, 0.2) is 30.5 Å². The number of nitrogens with zero attached hydrogens (tertiary/aromatic N) is 2. The highest BCUT2D eigenvalue weighted by atomic mass is 16.4. The van der Waals surface area contributed by atoms with Crippen molar-refractivity contribution in [2.24, 2.45) is 7.05 Å². The maximum Gasteiger partial charge on any atom is 0.372 e. The van der Waals surface area contributed by atoms with Crippen LogP contribution in [0, 0.1) is 0 Å². The van der Waals surface area contributed by atoms with Gasteiger partial charge in [-0.15, -0.1) is 0 Å². The standard InChI is InChI=1S/C15H18N2O2/c1-15(2,3)11-7-5-10(6-8-11)12-9-17(4)13(16-12)14(18)19/h5-9H,1-4H3,(H,18,19). The maximum absolute atomic E-state index is 11.0.